The summed E-state index contributed by atoms with van der Waals surface area (Å²) < 4.78 is 0. The van der Waals surface area contributed by atoms with E-state index >= 15 is 0 Å². The van der Waals surface area contributed by atoms with Crippen LogP contribution in [0.1, 0.15) is 11.1 Å². The standard InChI is InChI=1S/C12H16N4/c1-7-3-4-10-9(5-7)8(2)6-11(15-10)16-12(13)14/h3-6,12H,13-14H2,1-2H3,(H,15,16). The summed E-state index contributed by atoms with van der Waals surface area (Å²) in [5, 5.41) is 4.06. The topological polar surface area (TPSA) is 77.0 Å². The molecule has 2 aromatic rings. The number of nitrogens with zero attached hydrogens (tertiary/aromatic N) is 1. The van der Waals surface area contributed by atoms with E-state index in [0.29, 0.717) is 5.82 Å². The van der Waals surface area contributed by atoms with Gasteiger partial charge in [0.25, 0.3) is 0 Å². The van der Waals surface area contributed by atoms with Crippen LogP contribution in [0.15, 0.2) is 24.3 Å². The van der Waals surface area contributed by atoms with Gasteiger partial charge in [-0.2, -0.15) is 0 Å². The number of benzene rings is 1. The van der Waals surface area contributed by atoms with Crippen molar-refractivity contribution in [1.29, 1.82) is 0 Å². The Morgan fingerprint density at radius 3 is 2.62 bits per heavy atom. The van der Waals surface area contributed by atoms with Crippen LogP contribution in [0.3, 0.4) is 0 Å². The number of anilines is 1. The molecular weight excluding hydrogens is 200 g/mol. The summed E-state index contributed by atoms with van der Waals surface area (Å²) in [6.07, 6.45) is -0.588. The van der Waals surface area contributed by atoms with E-state index in [1.165, 1.54) is 5.56 Å². The third-order valence-electron chi connectivity index (χ3n) is 2.49. The summed E-state index contributed by atoms with van der Waals surface area (Å²) in [5.74, 6) is 0.712. The van der Waals surface area contributed by atoms with Gasteiger partial charge in [-0.1, -0.05) is 11.6 Å². The lowest BCUT2D eigenvalue weighted by molar-refractivity contribution is 0.802. The maximum atomic E-state index is 5.47. The van der Waals surface area contributed by atoms with Crippen LogP contribution < -0.4 is 16.8 Å². The number of aromatic nitrogens is 1. The van der Waals surface area contributed by atoms with Crippen molar-refractivity contribution < 1.29 is 0 Å². The van der Waals surface area contributed by atoms with Crippen molar-refractivity contribution in [2.75, 3.05) is 5.32 Å². The minimum atomic E-state index is -0.588. The second-order valence-corrected chi connectivity index (χ2v) is 4.02. The minimum absolute atomic E-state index is 0.588. The largest absolute Gasteiger partial charge is 0.343 e. The van der Waals surface area contributed by atoms with E-state index in [1.54, 1.807) is 0 Å². The van der Waals surface area contributed by atoms with Crippen LogP contribution in [0.25, 0.3) is 10.9 Å². The molecule has 0 bridgehead atoms. The van der Waals surface area contributed by atoms with Gasteiger partial charge in [-0.05, 0) is 37.6 Å². The molecule has 0 saturated heterocycles. The number of pyridine rings is 1. The summed E-state index contributed by atoms with van der Waals surface area (Å²) in [7, 11) is 0. The van der Waals surface area contributed by atoms with Crippen LogP contribution in [-0.4, -0.2) is 11.3 Å². The Bertz CT molecular complexity index is 520. The fourth-order valence-corrected chi connectivity index (χ4v) is 1.75. The lowest BCUT2D eigenvalue weighted by Gasteiger charge is -2.11. The van der Waals surface area contributed by atoms with Gasteiger partial charge in [-0.25, -0.2) is 4.98 Å². The van der Waals surface area contributed by atoms with Gasteiger partial charge in [-0.15, -0.1) is 0 Å². The molecule has 0 aliphatic heterocycles. The van der Waals surface area contributed by atoms with Crippen molar-refractivity contribution in [3.8, 4) is 0 Å². The number of nitrogens with two attached hydrogens (primary N) is 2. The highest BCUT2D eigenvalue weighted by atomic mass is 15.2. The van der Waals surface area contributed by atoms with Gasteiger partial charge in [0, 0.05) is 5.39 Å². The molecule has 2 rings (SSSR count). The van der Waals surface area contributed by atoms with Crippen LogP contribution in [0.2, 0.25) is 0 Å². The average molecular weight is 216 g/mol. The molecule has 0 atom stereocenters. The smallest absolute Gasteiger partial charge is 0.129 e. The molecule has 0 saturated carbocycles. The highest BCUT2D eigenvalue weighted by Gasteiger charge is 2.03. The zero-order chi connectivity index (χ0) is 11.7. The molecule has 4 nitrogen and oxygen atoms in total. The van der Waals surface area contributed by atoms with Gasteiger partial charge in [-0.3, -0.25) is 11.5 Å². The summed E-state index contributed by atoms with van der Waals surface area (Å²) >= 11 is 0. The second kappa shape index (κ2) is 4.08. The van der Waals surface area contributed by atoms with Crippen LogP contribution in [0.5, 0.6) is 0 Å². The Hall–Kier alpha value is -1.65. The molecule has 0 spiro atoms. The summed E-state index contributed by atoms with van der Waals surface area (Å²) in [5.41, 5.74) is 14.3. The Morgan fingerprint density at radius 1 is 1.19 bits per heavy atom. The maximum absolute atomic E-state index is 5.47. The molecule has 0 aliphatic rings. The first-order valence-electron chi connectivity index (χ1n) is 5.22. The Morgan fingerprint density at radius 2 is 1.94 bits per heavy atom. The van der Waals surface area contributed by atoms with Gasteiger partial charge in [0.1, 0.15) is 12.1 Å². The molecule has 16 heavy (non-hydrogen) atoms. The molecular formula is C12H16N4. The number of nitrogens with one attached hydrogen (secondary N) is 1. The molecule has 0 fully saturated rings. The van der Waals surface area contributed by atoms with Crippen molar-refractivity contribution in [3.05, 3.63) is 35.4 Å². The van der Waals surface area contributed by atoms with Crippen molar-refractivity contribution in [3.63, 3.8) is 0 Å². The molecule has 0 radical (unpaired) electrons. The first-order valence-corrected chi connectivity index (χ1v) is 5.22. The quantitative estimate of drug-likeness (QED) is 0.664. The lowest BCUT2D eigenvalue weighted by atomic mass is 10.1. The summed E-state index contributed by atoms with van der Waals surface area (Å²) in [4.78, 5) is 4.45. The van der Waals surface area contributed by atoms with Gasteiger partial charge in [0.05, 0.1) is 5.52 Å². The van der Waals surface area contributed by atoms with Crippen LogP contribution in [0, 0.1) is 13.8 Å². The summed E-state index contributed by atoms with van der Waals surface area (Å²) in [6, 6.07) is 8.13. The van der Waals surface area contributed by atoms with Crippen molar-refractivity contribution in [2.24, 2.45) is 11.5 Å². The van der Waals surface area contributed by atoms with E-state index < -0.39 is 6.29 Å². The third kappa shape index (κ3) is 2.13. The highest BCUT2D eigenvalue weighted by Crippen LogP contribution is 2.21. The highest BCUT2D eigenvalue weighted by molar-refractivity contribution is 5.84. The van der Waals surface area contributed by atoms with E-state index in [9.17, 15) is 0 Å². The Balaban J connectivity index is 2.55. The first kappa shape index (κ1) is 10.9. The summed E-state index contributed by atoms with van der Waals surface area (Å²) in [6.45, 7) is 4.12. The van der Waals surface area contributed by atoms with E-state index in [0.717, 1.165) is 16.5 Å². The van der Waals surface area contributed by atoms with Crippen molar-refractivity contribution >= 4 is 16.7 Å². The number of fused-ring (bicyclic) bond motifs is 1. The molecule has 5 N–H and O–H groups in total. The van der Waals surface area contributed by atoms with Gasteiger partial charge >= 0.3 is 0 Å². The molecule has 1 aromatic carbocycles. The first-order chi connectivity index (χ1) is 7.56. The fraction of sp³-hybridized carbons (Fsp3) is 0.250. The zero-order valence-corrected chi connectivity index (χ0v) is 9.49. The van der Waals surface area contributed by atoms with Crippen molar-refractivity contribution in [2.45, 2.75) is 20.1 Å². The molecule has 1 heterocycles. The number of hydrogen-bond acceptors (Lipinski definition) is 4. The molecule has 1 aromatic heterocycles. The Kier molecular flexibility index (Phi) is 2.77. The van der Waals surface area contributed by atoms with E-state index in [4.69, 9.17) is 11.5 Å². The van der Waals surface area contributed by atoms with Gasteiger partial charge in [0.2, 0.25) is 0 Å². The second-order valence-electron chi connectivity index (χ2n) is 4.02. The monoisotopic (exact) mass is 216 g/mol. The number of rotatable bonds is 2. The average Bonchev–Trinajstić information content (AvgIpc) is 2.18. The van der Waals surface area contributed by atoms with Crippen LogP contribution in [-0.2, 0) is 0 Å². The number of aryl methyl sites for hydroxylation is 2. The molecule has 0 aliphatic carbocycles. The molecule has 4 heteroatoms. The lowest BCUT2D eigenvalue weighted by Crippen LogP contribution is -2.38. The number of hydrogen-bond donors (Lipinski definition) is 3. The molecule has 84 valence electrons. The van der Waals surface area contributed by atoms with Crippen LogP contribution >= 0.6 is 0 Å². The maximum Gasteiger partial charge on any atom is 0.129 e. The van der Waals surface area contributed by atoms with Gasteiger partial charge < -0.3 is 5.32 Å². The van der Waals surface area contributed by atoms with Crippen LogP contribution in [0.4, 0.5) is 5.82 Å². The molecule has 0 unspecified atom stereocenters. The Labute approximate surface area is 94.7 Å². The van der Waals surface area contributed by atoms with Gasteiger partial charge in [0.15, 0.2) is 0 Å². The zero-order valence-electron chi connectivity index (χ0n) is 9.49. The van der Waals surface area contributed by atoms with E-state index in [1.807, 2.05) is 18.2 Å². The predicted molar refractivity (Wildman–Crippen MR) is 67.0 cm³/mol. The van der Waals surface area contributed by atoms with E-state index in [-0.39, 0.29) is 0 Å². The predicted octanol–water partition coefficient (Wildman–Crippen LogP) is 1.46. The minimum Gasteiger partial charge on any atom is -0.343 e. The van der Waals surface area contributed by atoms with Crippen molar-refractivity contribution in [1.82, 2.24) is 4.98 Å². The normalized spacial score (nSPS) is 11.1. The molecule has 0 amide bonds. The fourth-order valence-electron chi connectivity index (χ4n) is 1.75. The third-order valence-corrected chi connectivity index (χ3v) is 2.49. The van der Waals surface area contributed by atoms with E-state index in [2.05, 4.69) is 30.2 Å². The SMILES string of the molecule is Cc1ccc2nc(NC(N)N)cc(C)c2c1.